The number of aryl methyl sites for hydroxylation is 1. The number of carbonyl (C=O) groups is 2. The normalized spacial score (nSPS) is 12.2. The molecule has 0 saturated carbocycles. The first-order valence-electron chi connectivity index (χ1n) is 4.95. The number of aromatic nitrogens is 1. The van der Waals surface area contributed by atoms with Gasteiger partial charge >= 0.3 is 5.97 Å². The second-order valence-electron chi connectivity index (χ2n) is 3.53. The largest absolute Gasteiger partial charge is 0.477 e. The Balaban J connectivity index is 2.85. The van der Waals surface area contributed by atoms with E-state index >= 15 is 0 Å². The van der Waals surface area contributed by atoms with E-state index in [4.69, 9.17) is 9.63 Å². The molecular formula is C10H14N2O5. The van der Waals surface area contributed by atoms with Gasteiger partial charge in [0.15, 0.2) is 5.76 Å². The number of carbonyl (C=O) groups excluding carboxylic acids is 1. The van der Waals surface area contributed by atoms with Gasteiger partial charge in [0.1, 0.15) is 12.2 Å². The van der Waals surface area contributed by atoms with Crippen LogP contribution < -0.4 is 5.32 Å². The maximum Gasteiger partial charge on any atom is 0.341 e. The average molecular weight is 242 g/mol. The Labute approximate surface area is 97.7 Å². The number of nitrogens with one attached hydrogen (secondary N) is 1. The van der Waals surface area contributed by atoms with Crippen LogP contribution in [0.2, 0.25) is 0 Å². The van der Waals surface area contributed by atoms with Gasteiger partial charge in [-0.3, -0.25) is 4.79 Å². The van der Waals surface area contributed by atoms with E-state index in [0.29, 0.717) is 0 Å². The maximum absolute atomic E-state index is 11.3. The molecule has 1 atom stereocenters. The molecule has 1 heterocycles. The minimum absolute atomic E-state index is 0.0183. The van der Waals surface area contributed by atoms with Gasteiger partial charge in [0.25, 0.3) is 0 Å². The molecule has 0 aliphatic heterocycles. The summed E-state index contributed by atoms with van der Waals surface area (Å²) in [5.41, 5.74) is 0.260. The highest BCUT2D eigenvalue weighted by Crippen LogP contribution is 2.20. The topological polar surface area (TPSA) is 102 Å². The van der Waals surface area contributed by atoms with Crippen molar-refractivity contribution >= 4 is 11.9 Å². The monoisotopic (exact) mass is 242 g/mol. The molecule has 1 aromatic heterocycles. The summed E-state index contributed by atoms with van der Waals surface area (Å²) in [6.07, 6.45) is 0. The number of methoxy groups -OCH3 is 1. The smallest absolute Gasteiger partial charge is 0.341 e. The van der Waals surface area contributed by atoms with Gasteiger partial charge in [-0.05, 0) is 13.8 Å². The van der Waals surface area contributed by atoms with Gasteiger partial charge in [-0.15, -0.1) is 0 Å². The summed E-state index contributed by atoms with van der Waals surface area (Å²) >= 11 is 0. The van der Waals surface area contributed by atoms with Gasteiger partial charge in [-0.1, -0.05) is 5.16 Å². The van der Waals surface area contributed by atoms with E-state index in [1.165, 1.54) is 14.0 Å². The Hall–Kier alpha value is -1.89. The van der Waals surface area contributed by atoms with Crippen LogP contribution in [0.5, 0.6) is 0 Å². The second-order valence-corrected chi connectivity index (χ2v) is 3.53. The molecule has 7 nitrogen and oxygen atoms in total. The van der Waals surface area contributed by atoms with Gasteiger partial charge in [0.05, 0.1) is 11.7 Å². The molecule has 94 valence electrons. The minimum Gasteiger partial charge on any atom is -0.477 e. The van der Waals surface area contributed by atoms with Gasteiger partial charge in [0.2, 0.25) is 5.91 Å². The van der Waals surface area contributed by atoms with E-state index in [9.17, 15) is 9.59 Å². The molecule has 7 heteroatoms. The minimum atomic E-state index is -1.13. The summed E-state index contributed by atoms with van der Waals surface area (Å²) in [6, 6.07) is -0.579. The molecule has 2 N–H and O–H groups in total. The molecule has 0 aromatic carbocycles. The number of carboxylic acid groups (broad SMARTS) is 1. The van der Waals surface area contributed by atoms with Crippen molar-refractivity contribution in [1.29, 1.82) is 0 Å². The van der Waals surface area contributed by atoms with Gasteiger partial charge in [0, 0.05) is 7.11 Å². The number of hydrogen-bond acceptors (Lipinski definition) is 5. The Bertz CT molecular complexity index is 426. The molecule has 0 saturated heterocycles. The summed E-state index contributed by atoms with van der Waals surface area (Å²) in [6.45, 7) is 3.04. The van der Waals surface area contributed by atoms with Crippen LogP contribution in [-0.2, 0) is 9.53 Å². The summed E-state index contributed by atoms with van der Waals surface area (Å²) in [7, 11) is 1.39. The number of carboxylic acids is 1. The number of amides is 1. The van der Waals surface area contributed by atoms with Gasteiger partial charge in [-0.2, -0.15) is 0 Å². The summed E-state index contributed by atoms with van der Waals surface area (Å²) in [5.74, 6) is -1.36. The highest BCUT2D eigenvalue weighted by molar-refractivity contribution is 5.90. The Kier molecular flexibility index (Phi) is 4.22. The molecule has 0 unspecified atom stereocenters. The molecule has 17 heavy (non-hydrogen) atoms. The van der Waals surface area contributed by atoms with E-state index in [0.717, 1.165) is 0 Å². The number of rotatable bonds is 5. The molecule has 0 radical (unpaired) electrons. The first-order valence-corrected chi connectivity index (χ1v) is 4.95. The third kappa shape index (κ3) is 3.04. The van der Waals surface area contributed by atoms with Crippen molar-refractivity contribution in [2.45, 2.75) is 19.9 Å². The fraction of sp³-hybridized carbons (Fsp3) is 0.500. The van der Waals surface area contributed by atoms with Crippen LogP contribution in [0.1, 0.15) is 34.8 Å². The maximum atomic E-state index is 11.3. The van der Waals surface area contributed by atoms with Gasteiger partial charge in [-0.25, -0.2) is 4.79 Å². The molecule has 0 spiro atoms. The van der Waals surface area contributed by atoms with Crippen LogP contribution in [-0.4, -0.2) is 35.9 Å². The zero-order valence-corrected chi connectivity index (χ0v) is 9.81. The molecule has 0 bridgehead atoms. The molecular weight excluding hydrogens is 228 g/mol. The van der Waals surface area contributed by atoms with Crippen LogP contribution in [0.15, 0.2) is 4.52 Å². The Morgan fingerprint density at radius 3 is 2.76 bits per heavy atom. The van der Waals surface area contributed by atoms with Crippen LogP contribution >= 0.6 is 0 Å². The standard InChI is InChI=1S/C10H14N2O5/c1-5-8(10(14)15)9(17-12-5)6(2)11-7(13)4-16-3/h6H,4H2,1-3H3,(H,11,13)(H,14,15)/t6-/m1/s1. The van der Waals surface area contributed by atoms with Gasteiger partial charge < -0.3 is 19.7 Å². The molecule has 1 rings (SSSR count). The predicted octanol–water partition coefficient (Wildman–Crippen LogP) is 0.505. The van der Waals surface area contributed by atoms with Crippen molar-refractivity contribution in [2.24, 2.45) is 0 Å². The van der Waals surface area contributed by atoms with E-state index in [2.05, 4.69) is 15.2 Å². The molecule has 1 aromatic rings. The molecule has 0 aliphatic rings. The lowest BCUT2D eigenvalue weighted by Crippen LogP contribution is -2.30. The number of nitrogens with zero attached hydrogens (tertiary/aromatic N) is 1. The van der Waals surface area contributed by atoms with Crippen molar-refractivity contribution in [3.63, 3.8) is 0 Å². The van der Waals surface area contributed by atoms with E-state index in [1.807, 2.05) is 0 Å². The third-order valence-corrected chi connectivity index (χ3v) is 2.15. The summed E-state index contributed by atoms with van der Waals surface area (Å²) in [5, 5.41) is 15.1. The zero-order valence-electron chi connectivity index (χ0n) is 9.81. The Morgan fingerprint density at radius 2 is 2.24 bits per heavy atom. The predicted molar refractivity (Wildman–Crippen MR) is 56.6 cm³/mol. The lowest BCUT2D eigenvalue weighted by molar-refractivity contribution is -0.125. The zero-order chi connectivity index (χ0) is 13.0. The van der Waals surface area contributed by atoms with Crippen molar-refractivity contribution in [3.05, 3.63) is 17.0 Å². The molecule has 0 fully saturated rings. The van der Waals surface area contributed by atoms with E-state index in [-0.39, 0.29) is 29.5 Å². The molecule has 0 aliphatic carbocycles. The van der Waals surface area contributed by atoms with E-state index < -0.39 is 12.0 Å². The average Bonchev–Trinajstić information content (AvgIpc) is 2.60. The van der Waals surface area contributed by atoms with Crippen LogP contribution in [0, 0.1) is 6.92 Å². The number of hydrogen-bond donors (Lipinski definition) is 2. The van der Waals surface area contributed by atoms with Crippen molar-refractivity contribution < 1.29 is 24.0 Å². The van der Waals surface area contributed by atoms with Crippen LogP contribution in [0.25, 0.3) is 0 Å². The summed E-state index contributed by atoms with van der Waals surface area (Å²) < 4.78 is 9.56. The number of ether oxygens (including phenoxy) is 1. The first kappa shape index (κ1) is 13.2. The quantitative estimate of drug-likeness (QED) is 0.779. The van der Waals surface area contributed by atoms with Crippen LogP contribution in [0.3, 0.4) is 0 Å². The third-order valence-electron chi connectivity index (χ3n) is 2.15. The van der Waals surface area contributed by atoms with Crippen molar-refractivity contribution in [2.75, 3.05) is 13.7 Å². The van der Waals surface area contributed by atoms with Crippen molar-refractivity contribution in [3.8, 4) is 0 Å². The van der Waals surface area contributed by atoms with Crippen molar-refractivity contribution in [1.82, 2.24) is 10.5 Å². The lowest BCUT2D eigenvalue weighted by Gasteiger charge is -2.11. The van der Waals surface area contributed by atoms with Crippen LogP contribution in [0.4, 0.5) is 0 Å². The second kappa shape index (κ2) is 5.44. The highest BCUT2D eigenvalue weighted by atomic mass is 16.5. The summed E-state index contributed by atoms with van der Waals surface area (Å²) in [4.78, 5) is 22.3. The van der Waals surface area contributed by atoms with E-state index in [1.54, 1.807) is 6.92 Å². The lowest BCUT2D eigenvalue weighted by atomic mass is 10.1. The highest BCUT2D eigenvalue weighted by Gasteiger charge is 2.25. The molecule has 1 amide bonds. The number of aromatic carboxylic acids is 1. The fourth-order valence-corrected chi connectivity index (χ4v) is 1.42. The SMILES string of the molecule is COCC(=O)N[C@H](C)c1onc(C)c1C(=O)O. The Morgan fingerprint density at radius 1 is 1.59 bits per heavy atom. The first-order chi connectivity index (χ1) is 7.97. The fourth-order valence-electron chi connectivity index (χ4n) is 1.42.